The maximum absolute atomic E-state index is 10.6. The second-order valence-corrected chi connectivity index (χ2v) is 8.81. The number of hydrogen-bond acceptors (Lipinski definition) is 8. The van der Waals surface area contributed by atoms with Crippen molar-refractivity contribution in [1.82, 2.24) is 14.9 Å². The van der Waals surface area contributed by atoms with Gasteiger partial charge >= 0.3 is 36.4 Å². The van der Waals surface area contributed by atoms with Crippen LogP contribution in [0.15, 0.2) is 49.1 Å². The first-order valence-corrected chi connectivity index (χ1v) is 11.9. The summed E-state index contributed by atoms with van der Waals surface area (Å²) in [5, 5.41) is 21.4. The van der Waals surface area contributed by atoms with Crippen molar-refractivity contribution in [2.24, 2.45) is 5.92 Å². The van der Waals surface area contributed by atoms with Gasteiger partial charge in [-0.15, -0.1) is 0 Å². The van der Waals surface area contributed by atoms with E-state index in [-0.39, 0.29) is 5.60 Å². The minimum absolute atomic E-state index is 0.0186. The highest BCUT2D eigenvalue weighted by molar-refractivity contribution is 5.73. The molecule has 0 radical (unpaired) electrons. The number of aromatic nitrogens is 2. The van der Waals surface area contributed by atoms with Crippen molar-refractivity contribution in [3.63, 3.8) is 0 Å². The third kappa shape index (κ3) is 13.4. The molecule has 2 fully saturated rings. The molecule has 0 aliphatic carbocycles. The van der Waals surface area contributed by atoms with Crippen LogP contribution in [-0.2, 0) is 25.7 Å². The summed E-state index contributed by atoms with van der Waals surface area (Å²) in [5.74, 6) is -6.98. The summed E-state index contributed by atoms with van der Waals surface area (Å²) in [6.07, 6.45) is -6.96. The summed E-state index contributed by atoms with van der Waals surface area (Å²) in [6, 6.07) is 8.00. The predicted molar refractivity (Wildman–Crippen MR) is 127 cm³/mol. The van der Waals surface area contributed by atoms with Crippen LogP contribution in [0.4, 0.5) is 39.5 Å². The summed E-state index contributed by atoms with van der Waals surface area (Å²) in [4.78, 5) is 37.3. The average molecular weight is 653 g/mol. The molecule has 0 amide bonds. The fourth-order valence-electron chi connectivity index (χ4n) is 3.57. The van der Waals surface area contributed by atoms with Crippen LogP contribution in [0.25, 0.3) is 0 Å². The molecule has 2 aromatic rings. The highest BCUT2D eigenvalue weighted by atomic mass is 19.4. The predicted octanol–water partition coefficient (Wildman–Crippen LogP) is 4.05. The van der Waals surface area contributed by atoms with Crippen LogP contribution in [-0.4, -0.2) is 98.5 Å². The number of carboxylic acids is 3. The highest BCUT2D eigenvalue weighted by Gasteiger charge is 2.53. The molecule has 3 N–H and O–H groups in total. The Morgan fingerprint density at radius 2 is 1.32 bits per heavy atom. The number of alkyl halides is 9. The lowest BCUT2D eigenvalue weighted by Gasteiger charge is -2.50. The molecular weight excluding hydrogens is 629 g/mol. The van der Waals surface area contributed by atoms with Crippen LogP contribution in [0.1, 0.15) is 12.0 Å². The first kappa shape index (κ1) is 37.8. The second kappa shape index (κ2) is 16.0. The summed E-state index contributed by atoms with van der Waals surface area (Å²) in [7, 11) is 0. The minimum Gasteiger partial charge on any atom is -0.492 e. The fraction of sp³-hybridized carbons (Fsp3) is 0.458. The van der Waals surface area contributed by atoms with Crippen LogP contribution in [0.2, 0.25) is 0 Å². The zero-order valence-corrected chi connectivity index (χ0v) is 22.1. The highest BCUT2D eigenvalue weighted by Crippen LogP contribution is 2.40. The molecule has 2 aromatic heterocycles. The molecule has 1 atom stereocenters. The largest absolute Gasteiger partial charge is 0.492 e. The van der Waals surface area contributed by atoms with Crippen LogP contribution in [0.3, 0.4) is 0 Å². The number of aliphatic carboxylic acids is 3. The third-order valence-electron chi connectivity index (χ3n) is 5.55. The van der Waals surface area contributed by atoms with E-state index in [9.17, 15) is 39.5 Å². The zero-order valence-electron chi connectivity index (χ0n) is 22.1. The average Bonchev–Trinajstić information content (AvgIpc) is 3.32. The molecule has 11 nitrogen and oxygen atoms in total. The number of ether oxygens (including phenoxy) is 2. The summed E-state index contributed by atoms with van der Waals surface area (Å²) in [5.41, 5.74) is 1.28. The van der Waals surface area contributed by atoms with Crippen LogP contribution in [0.5, 0.6) is 5.75 Å². The number of pyridine rings is 2. The topological polar surface area (TPSA) is 159 Å². The lowest BCUT2D eigenvalue weighted by molar-refractivity contribution is -0.193. The Morgan fingerprint density at radius 3 is 1.73 bits per heavy atom. The molecule has 4 rings (SSSR count). The number of likely N-dealkylation sites (tertiary alicyclic amines) is 1. The smallest absolute Gasteiger partial charge is 0.490 e. The molecular formula is C24H24F9N3O8. The van der Waals surface area contributed by atoms with Gasteiger partial charge in [-0.25, -0.2) is 14.4 Å². The molecule has 1 unspecified atom stereocenters. The van der Waals surface area contributed by atoms with Crippen LogP contribution < -0.4 is 4.74 Å². The van der Waals surface area contributed by atoms with Crippen LogP contribution >= 0.6 is 0 Å². The molecule has 44 heavy (non-hydrogen) atoms. The van der Waals surface area contributed by atoms with Gasteiger partial charge in [0.15, 0.2) is 0 Å². The van der Waals surface area contributed by atoms with Gasteiger partial charge in [0, 0.05) is 50.7 Å². The van der Waals surface area contributed by atoms with Crippen molar-refractivity contribution in [1.29, 1.82) is 0 Å². The van der Waals surface area contributed by atoms with Crippen molar-refractivity contribution in [3.05, 3.63) is 54.6 Å². The normalized spacial score (nSPS) is 17.3. The summed E-state index contributed by atoms with van der Waals surface area (Å²) < 4.78 is 107. The number of nitrogens with zero attached hydrogens (tertiary/aromatic N) is 3. The van der Waals surface area contributed by atoms with Crippen molar-refractivity contribution in [3.8, 4) is 5.75 Å². The Hall–Kier alpha value is -4.20. The number of carbonyl (C=O) groups is 3. The first-order valence-electron chi connectivity index (χ1n) is 11.9. The van der Waals surface area contributed by atoms with E-state index in [1.165, 1.54) is 5.56 Å². The third-order valence-corrected chi connectivity index (χ3v) is 5.55. The molecule has 4 heterocycles. The van der Waals surface area contributed by atoms with E-state index >= 15 is 0 Å². The molecule has 2 aliphatic heterocycles. The number of carboxylic acid groups (broad SMARTS) is 3. The minimum atomic E-state index is -5.08. The molecule has 246 valence electrons. The summed E-state index contributed by atoms with van der Waals surface area (Å²) in [6.45, 7) is 4.47. The van der Waals surface area contributed by atoms with E-state index in [2.05, 4.69) is 27.0 Å². The Morgan fingerprint density at radius 1 is 0.841 bits per heavy atom. The Kier molecular flexibility index (Phi) is 13.8. The van der Waals surface area contributed by atoms with E-state index in [0.29, 0.717) is 12.5 Å². The Bertz CT molecular complexity index is 1130. The van der Waals surface area contributed by atoms with Crippen molar-refractivity contribution in [2.75, 3.05) is 26.3 Å². The van der Waals surface area contributed by atoms with Crippen molar-refractivity contribution >= 4 is 17.9 Å². The van der Waals surface area contributed by atoms with Gasteiger partial charge in [0.05, 0.1) is 18.4 Å². The Balaban J connectivity index is 0.000000379. The zero-order chi connectivity index (χ0) is 33.8. The van der Waals surface area contributed by atoms with Gasteiger partial charge in [0.25, 0.3) is 0 Å². The SMILES string of the molecule is O=C(O)C(F)(F)F.O=C(O)C(F)(F)F.O=C(O)C(F)(F)F.c1cncc(OCC2CCOC23CN(Cc2ccncc2)C3)c1. The summed E-state index contributed by atoms with van der Waals surface area (Å²) >= 11 is 0. The van der Waals surface area contributed by atoms with Gasteiger partial charge in [-0.3, -0.25) is 14.9 Å². The van der Waals surface area contributed by atoms with Crippen molar-refractivity contribution < 1.29 is 78.7 Å². The standard InChI is InChI=1S/C18H21N3O2.3C2HF3O2/c1-2-17(10-20-6-1)22-12-16-5-9-23-18(16)13-21(14-18)11-15-3-7-19-8-4-15;3*3-2(4,5)1(6)7/h1-4,6-8,10,16H,5,9,11-14H2;3*(H,6,7). The first-order chi connectivity index (χ1) is 20.2. The van der Waals surface area contributed by atoms with Gasteiger partial charge in [0.1, 0.15) is 5.75 Å². The van der Waals surface area contributed by atoms with Gasteiger partial charge < -0.3 is 24.8 Å². The molecule has 2 aliphatic rings. The molecule has 1 spiro atoms. The monoisotopic (exact) mass is 653 g/mol. The van der Waals surface area contributed by atoms with Gasteiger partial charge in [-0.2, -0.15) is 39.5 Å². The molecule has 20 heteroatoms. The second-order valence-electron chi connectivity index (χ2n) is 8.81. The maximum atomic E-state index is 10.6. The van der Waals surface area contributed by atoms with E-state index in [1.807, 2.05) is 24.5 Å². The van der Waals surface area contributed by atoms with E-state index in [4.69, 9.17) is 39.2 Å². The van der Waals surface area contributed by atoms with Gasteiger partial charge in [-0.05, 0) is 36.2 Å². The van der Waals surface area contributed by atoms with E-state index < -0.39 is 36.4 Å². The number of hydrogen-bond donors (Lipinski definition) is 3. The fourth-order valence-corrected chi connectivity index (χ4v) is 3.57. The van der Waals surface area contributed by atoms with Gasteiger partial charge in [0.2, 0.25) is 0 Å². The maximum Gasteiger partial charge on any atom is 0.490 e. The van der Waals surface area contributed by atoms with E-state index in [0.717, 1.165) is 38.4 Å². The van der Waals surface area contributed by atoms with Crippen LogP contribution in [0, 0.1) is 5.92 Å². The van der Waals surface area contributed by atoms with E-state index in [1.54, 1.807) is 12.4 Å². The molecule has 0 bridgehead atoms. The number of rotatable bonds is 5. The quantitative estimate of drug-likeness (QED) is 0.400. The molecule has 0 aromatic carbocycles. The lowest BCUT2D eigenvalue weighted by atomic mass is 9.81. The Labute approximate surface area is 241 Å². The molecule has 2 saturated heterocycles. The van der Waals surface area contributed by atoms with Gasteiger partial charge in [-0.1, -0.05) is 0 Å². The van der Waals surface area contributed by atoms with Crippen molar-refractivity contribution in [2.45, 2.75) is 37.1 Å². The molecule has 0 saturated carbocycles. The lowest BCUT2D eigenvalue weighted by Crippen LogP contribution is -2.64. The number of halogens is 9.